The van der Waals surface area contributed by atoms with Crippen molar-refractivity contribution in [3.63, 3.8) is 0 Å². The molecule has 0 radical (unpaired) electrons. The summed E-state index contributed by atoms with van der Waals surface area (Å²) in [7, 11) is 0. The van der Waals surface area contributed by atoms with E-state index in [1.54, 1.807) is 12.1 Å². The monoisotopic (exact) mass is 467 g/mol. The molecule has 0 saturated carbocycles. The maximum Gasteiger partial charge on any atom is 1.00 e. The Balaban J connectivity index is 0.000000268. The Bertz CT molecular complexity index is 1220. The molecule has 31 heavy (non-hydrogen) atoms. The molecule has 0 bridgehead atoms. The molecule has 0 aliphatic rings. The van der Waals surface area contributed by atoms with Crippen LogP contribution < -0.4 is 35.3 Å². The van der Waals surface area contributed by atoms with Crippen LogP contribution in [0.25, 0.3) is 32.5 Å². The Morgan fingerprint density at radius 2 is 1.32 bits per heavy atom. The van der Waals surface area contributed by atoms with Crippen LogP contribution in [0.5, 0.6) is 0 Å². The van der Waals surface area contributed by atoms with E-state index in [0.717, 1.165) is 16.4 Å². The standard InChI is InChI=1S/C9H8ClN3.C8H4ClN5.HNO2.Na/c10-9-8(5-11)12-6-3-1-2-4-7(6)13-9;9-7-8(13-14-10)12-6-4-2-1-3-5(6)11-7;2-1-3;/h1-4H,5,11H2;1-4H;(H,2,3);/q;;;+1/p-1. The van der Waals surface area contributed by atoms with Gasteiger partial charge in [-0.2, -0.15) is 0 Å². The predicted molar refractivity (Wildman–Crippen MR) is 115 cm³/mol. The van der Waals surface area contributed by atoms with E-state index in [0.29, 0.717) is 28.4 Å². The van der Waals surface area contributed by atoms with Gasteiger partial charge in [0.05, 0.1) is 27.8 Å². The van der Waals surface area contributed by atoms with Crippen molar-refractivity contribution in [2.24, 2.45) is 16.2 Å². The molecule has 2 heterocycles. The second-order valence-electron chi connectivity index (χ2n) is 5.24. The third-order valence-electron chi connectivity index (χ3n) is 3.44. The van der Waals surface area contributed by atoms with Crippen molar-refractivity contribution >= 4 is 51.1 Å². The molecular weight excluding hydrogens is 456 g/mol. The summed E-state index contributed by atoms with van der Waals surface area (Å²) >= 11 is 11.6. The van der Waals surface area contributed by atoms with Crippen LogP contribution in [0.15, 0.2) is 59.0 Å². The fraction of sp³-hybridized carbons (Fsp3) is 0.0588. The average Bonchev–Trinajstić information content (AvgIpc) is 2.75. The van der Waals surface area contributed by atoms with Gasteiger partial charge in [-0.1, -0.05) is 47.5 Å². The Hall–Kier alpha value is -2.63. The number of hydrogen-bond donors (Lipinski definition) is 1. The molecule has 11 nitrogen and oxygen atoms in total. The number of benzene rings is 2. The molecule has 4 aromatic rings. The summed E-state index contributed by atoms with van der Waals surface area (Å²) in [5.41, 5.74) is 17.3. The molecule has 0 fully saturated rings. The van der Waals surface area contributed by atoms with E-state index in [1.165, 1.54) is 0 Å². The summed E-state index contributed by atoms with van der Waals surface area (Å²) in [6.45, 7) is 0.316. The van der Waals surface area contributed by atoms with Gasteiger partial charge in [-0.05, 0) is 34.9 Å². The third kappa shape index (κ3) is 7.53. The summed E-state index contributed by atoms with van der Waals surface area (Å²) in [5, 5.41) is 12.8. The van der Waals surface area contributed by atoms with Gasteiger partial charge in [-0.25, -0.2) is 19.9 Å². The van der Waals surface area contributed by atoms with E-state index in [2.05, 4.69) is 30.0 Å². The summed E-state index contributed by atoms with van der Waals surface area (Å²) in [6.07, 6.45) is 0. The average molecular weight is 468 g/mol. The number of nitrogens with zero attached hydrogens (tertiary/aromatic N) is 8. The number of azide groups is 1. The number of rotatable bonds is 2. The zero-order chi connectivity index (χ0) is 21.9. The molecular formula is C17H12Cl2N9NaO2. The van der Waals surface area contributed by atoms with E-state index in [1.807, 2.05) is 36.4 Å². The zero-order valence-corrected chi connectivity index (χ0v) is 19.6. The molecule has 152 valence electrons. The summed E-state index contributed by atoms with van der Waals surface area (Å²) < 4.78 is 0. The Labute approximate surface area is 207 Å². The first-order chi connectivity index (χ1) is 14.5. The van der Waals surface area contributed by atoms with Gasteiger partial charge in [0.25, 0.3) is 0 Å². The van der Waals surface area contributed by atoms with Crippen molar-refractivity contribution < 1.29 is 29.6 Å². The van der Waals surface area contributed by atoms with Gasteiger partial charge >= 0.3 is 29.6 Å². The number of halogens is 2. The number of hydrogen-bond acceptors (Lipinski definition) is 9. The first kappa shape index (κ1) is 26.4. The number of para-hydroxylation sites is 4. The Kier molecular flexibility index (Phi) is 11.6. The van der Waals surface area contributed by atoms with Gasteiger partial charge in [0.2, 0.25) is 0 Å². The first-order valence-electron chi connectivity index (χ1n) is 8.07. The molecule has 2 aromatic heterocycles. The van der Waals surface area contributed by atoms with Crippen LogP contribution in [0.1, 0.15) is 5.69 Å². The van der Waals surface area contributed by atoms with E-state index >= 15 is 0 Å². The summed E-state index contributed by atoms with van der Waals surface area (Å²) in [4.78, 5) is 27.1. The maximum absolute atomic E-state index is 8.25. The minimum atomic E-state index is 0. The quantitative estimate of drug-likeness (QED) is 0.117. The predicted octanol–water partition coefficient (Wildman–Crippen LogP) is 2.22. The van der Waals surface area contributed by atoms with Gasteiger partial charge in [0, 0.05) is 11.5 Å². The largest absolute Gasteiger partial charge is 1.00 e. The molecule has 0 saturated heterocycles. The molecule has 0 spiro atoms. The fourth-order valence-electron chi connectivity index (χ4n) is 2.22. The van der Waals surface area contributed by atoms with Gasteiger partial charge < -0.3 is 15.8 Å². The van der Waals surface area contributed by atoms with Crippen LogP contribution >= 0.6 is 23.2 Å². The SMILES string of the molecule is NCc1nc2ccccc2nc1Cl.O=N[O-].[N-]=[N+]=Nc1nc2ccccc2nc1Cl.[Na+]. The molecule has 0 unspecified atom stereocenters. The zero-order valence-electron chi connectivity index (χ0n) is 16.1. The molecule has 0 aliphatic carbocycles. The molecule has 4 rings (SSSR count). The van der Waals surface area contributed by atoms with Crippen molar-refractivity contribution in [2.45, 2.75) is 6.54 Å². The second-order valence-corrected chi connectivity index (χ2v) is 5.96. The first-order valence-corrected chi connectivity index (χ1v) is 8.83. The van der Waals surface area contributed by atoms with Crippen LogP contribution in [0.2, 0.25) is 10.3 Å². The number of fused-ring (bicyclic) bond motifs is 2. The second kappa shape index (κ2) is 13.6. The molecule has 0 aliphatic heterocycles. The van der Waals surface area contributed by atoms with Crippen molar-refractivity contribution in [1.82, 2.24) is 19.9 Å². The van der Waals surface area contributed by atoms with Crippen LogP contribution in [-0.2, 0) is 6.54 Å². The van der Waals surface area contributed by atoms with E-state index in [9.17, 15) is 0 Å². The molecule has 2 N–H and O–H groups in total. The fourth-order valence-corrected chi connectivity index (χ4v) is 2.60. The van der Waals surface area contributed by atoms with E-state index in [-0.39, 0.29) is 40.5 Å². The van der Waals surface area contributed by atoms with Crippen molar-refractivity contribution in [3.8, 4) is 0 Å². The molecule has 0 amide bonds. The van der Waals surface area contributed by atoms with Crippen LogP contribution in [0.3, 0.4) is 0 Å². The van der Waals surface area contributed by atoms with E-state index < -0.39 is 0 Å². The third-order valence-corrected chi connectivity index (χ3v) is 3.99. The van der Waals surface area contributed by atoms with Crippen molar-refractivity contribution in [3.05, 3.63) is 85.1 Å². The number of nitrogens with two attached hydrogens (primary N) is 1. The molecule has 2 aromatic carbocycles. The maximum atomic E-state index is 8.25. The molecule has 14 heteroatoms. The van der Waals surface area contributed by atoms with Crippen LogP contribution in [0, 0.1) is 10.1 Å². The van der Waals surface area contributed by atoms with Gasteiger partial charge in [-0.15, -0.1) is 5.34 Å². The van der Waals surface area contributed by atoms with Crippen LogP contribution in [0.4, 0.5) is 5.82 Å². The topological polar surface area (TPSA) is 179 Å². The minimum Gasteiger partial charge on any atom is -0.444 e. The van der Waals surface area contributed by atoms with Crippen molar-refractivity contribution in [2.75, 3.05) is 0 Å². The summed E-state index contributed by atoms with van der Waals surface area (Å²) in [5.74, 6) is 0.105. The van der Waals surface area contributed by atoms with Gasteiger partial charge in [0.15, 0.2) is 16.1 Å². The van der Waals surface area contributed by atoms with E-state index in [4.69, 9.17) is 44.6 Å². The normalized spacial score (nSPS) is 9.26. The Morgan fingerprint density at radius 3 is 1.77 bits per heavy atom. The molecule has 0 atom stereocenters. The minimum absolute atomic E-state index is 0. The van der Waals surface area contributed by atoms with Crippen molar-refractivity contribution in [1.29, 1.82) is 0 Å². The van der Waals surface area contributed by atoms with Gasteiger partial charge in [-0.3, -0.25) is 0 Å². The number of aromatic nitrogens is 4. The Morgan fingerprint density at radius 1 is 0.903 bits per heavy atom. The smallest absolute Gasteiger partial charge is 0.444 e. The van der Waals surface area contributed by atoms with Gasteiger partial charge in [0.1, 0.15) is 0 Å². The summed E-state index contributed by atoms with van der Waals surface area (Å²) in [6, 6.07) is 14.8. The van der Waals surface area contributed by atoms with Crippen LogP contribution in [-0.4, -0.2) is 19.9 Å².